The summed E-state index contributed by atoms with van der Waals surface area (Å²) in [6, 6.07) is 0. The van der Waals surface area contributed by atoms with Crippen LogP contribution in [-0.2, 0) is 4.79 Å². The molecule has 94 valence electrons. The van der Waals surface area contributed by atoms with Crippen LogP contribution in [0.25, 0.3) is 0 Å². The summed E-state index contributed by atoms with van der Waals surface area (Å²) >= 11 is 1.78. The van der Waals surface area contributed by atoms with Crippen LogP contribution in [0, 0.1) is 5.92 Å². The minimum Gasteiger partial charge on any atom is -0.341 e. The predicted molar refractivity (Wildman–Crippen MR) is 70.8 cm³/mol. The minimum absolute atomic E-state index is 0.317. The first-order valence-electron chi connectivity index (χ1n) is 6.30. The summed E-state index contributed by atoms with van der Waals surface area (Å²) in [5.74, 6) is 2.80. The summed E-state index contributed by atoms with van der Waals surface area (Å²) in [7, 11) is 0. The number of nitrogens with one attached hydrogen (secondary N) is 1. The fraction of sp³-hybridized carbons (Fsp3) is 0.917. The van der Waals surface area contributed by atoms with Crippen molar-refractivity contribution in [1.82, 2.24) is 10.2 Å². The summed E-state index contributed by atoms with van der Waals surface area (Å²) in [6.45, 7) is 8.24. The van der Waals surface area contributed by atoms with Gasteiger partial charge in [0.2, 0.25) is 5.91 Å². The van der Waals surface area contributed by atoms with Crippen LogP contribution in [-0.4, -0.2) is 48.5 Å². The molecule has 0 aromatic heterocycles. The SMILES string of the molecule is CCC(C)CSCC(=O)N1CCCNCC1. The van der Waals surface area contributed by atoms with Crippen molar-refractivity contribution < 1.29 is 4.79 Å². The molecule has 1 saturated heterocycles. The number of nitrogens with zero attached hydrogens (tertiary/aromatic N) is 1. The Hall–Kier alpha value is -0.220. The highest BCUT2D eigenvalue weighted by molar-refractivity contribution is 7.99. The molecule has 1 heterocycles. The van der Waals surface area contributed by atoms with Crippen LogP contribution in [0.4, 0.5) is 0 Å². The molecule has 4 heteroatoms. The van der Waals surface area contributed by atoms with Gasteiger partial charge in [-0.2, -0.15) is 11.8 Å². The van der Waals surface area contributed by atoms with E-state index in [0.717, 1.165) is 44.3 Å². The summed E-state index contributed by atoms with van der Waals surface area (Å²) in [5, 5.41) is 3.31. The molecule has 1 N–H and O–H groups in total. The van der Waals surface area contributed by atoms with Gasteiger partial charge in [-0.25, -0.2) is 0 Å². The van der Waals surface area contributed by atoms with Crippen LogP contribution < -0.4 is 5.32 Å². The largest absolute Gasteiger partial charge is 0.341 e. The highest BCUT2D eigenvalue weighted by Crippen LogP contribution is 2.12. The van der Waals surface area contributed by atoms with Crippen molar-refractivity contribution in [2.24, 2.45) is 5.92 Å². The molecule has 0 radical (unpaired) electrons. The Morgan fingerprint density at radius 2 is 2.25 bits per heavy atom. The average Bonchev–Trinajstić information content (AvgIpc) is 2.57. The van der Waals surface area contributed by atoms with Crippen LogP contribution >= 0.6 is 11.8 Å². The monoisotopic (exact) mass is 244 g/mol. The van der Waals surface area contributed by atoms with Gasteiger partial charge in [-0.3, -0.25) is 4.79 Å². The Morgan fingerprint density at radius 3 is 3.00 bits per heavy atom. The molecule has 0 aliphatic carbocycles. The lowest BCUT2D eigenvalue weighted by Crippen LogP contribution is -2.35. The number of hydrogen-bond donors (Lipinski definition) is 1. The number of rotatable bonds is 5. The van der Waals surface area contributed by atoms with E-state index < -0.39 is 0 Å². The summed E-state index contributed by atoms with van der Waals surface area (Å²) < 4.78 is 0. The lowest BCUT2D eigenvalue weighted by atomic mass is 10.2. The van der Waals surface area contributed by atoms with E-state index in [0.29, 0.717) is 11.7 Å². The second-order valence-electron chi connectivity index (χ2n) is 4.51. The second-order valence-corrected chi connectivity index (χ2v) is 5.54. The third kappa shape index (κ3) is 5.21. The van der Waals surface area contributed by atoms with Gasteiger partial charge in [0, 0.05) is 19.6 Å². The average molecular weight is 244 g/mol. The van der Waals surface area contributed by atoms with Gasteiger partial charge >= 0.3 is 0 Å². The van der Waals surface area contributed by atoms with E-state index in [4.69, 9.17) is 0 Å². The first kappa shape index (κ1) is 13.8. The molecule has 1 aliphatic rings. The number of carbonyl (C=O) groups excluding carboxylic acids is 1. The van der Waals surface area contributed by atoms with E-state index in [-0.39, 0.29) is 0 Å². The molecule has 3 nitrogen and oxygen atoms in total. The van der Waals surface area contributed by atoms with Crippen molar-refractivity contribution in [3.8, 4) is 0 Å². The van der Waals surface area contributed by atoms with Gasteiger partial charge in [0.25, 0.3) is 0 Å². The van der Waals surface area contributed by atoms with Crippen LogP contribution in [0.5, 0.6) is 0 Å². The second kappa shape index (κ2) is 7.96. The van der Waals surface area contributed by atoms with Crippen LogP contribution in [0.15, 0.2) is 0 Å². The van der Waals surface area contributed by atoms with E-state index in [1.54, 1.807) is 11.8 Å². The predicted octanol–water partition coefficient (Wildman–Crippen LogP) is 1.59. The van der Waals surface area contributed by atoms with Crippen molar-refractivity contribution in [1.29, 1.82) is 0 Å². The van der Waals surface area contributed by atoms with Gasteiger partial charge in [0.1, 0.15) is 0 Å². The maximum atomic E-state index is 11.9. The molecule has 0 saturated carbocycles. The van der Waals surface area contributed by atoms with Gasteiger partial charge in [-0.15, -0.1) is 0 Å². The maximum absolute atomic E-state index is 11.9. The molecular formula is C12H24N2OS. The van der Waals surface area contributed by atoms with Crippen LogP contribution in [0.3, 0.4) is 0 Å². The number of hydrogen-bond acceptors (Lipinski definition) is 3. The third-order valence-electron chi connectivity index (χ3n) is 3.02. The molecule has 1 fully saturated rings. The fourth-order valence-electron chi connectivity index (χ4n) is 1.65. The van der Waals surface area contributed by atoms with Gasteiger partial charge in [0.05, 0.1) is 5.75 Å². The van der Waals surface area contributed by atoms with E-state index in [1.807, 2.05) is 4.90 Å². The van der Waals surface area contributed by atoms with E-state index in [9.17, 15) is 4.79 Å². The molecule has 1 amide bonds. The normalized spacial score (nSPS) is 19.2. The smallest absolute Gasteiger partial charge is 0.232 e. The van der Waals surface area contributed by atoms with Gasteiger partial charge in [-0.05, 0) is 24.6 Å². The molecule has 0 spiro atoms. The lowest BCUT2D eigenvalue weighted by molar-refractivity contribution is -0.128. The third-order valence-corrected chi connectivity index (χ3v) is 4.27. The standard InChI is InChI=1S/C12H24N2OS/c1-3-11(2)9-16-10-12(15)14-7-4-5-13-6-8-14/h11,13H,3-10H2,1-2H3. The zero-order chi connectivity index (χ0) is 11.8. The lowest BCUT2D eigenvalue weighted by Gasteiger charge is -2.20. The van der Waals surface area contributed by atoms with E-state index in [2.05, 4.69) is 19.2 Å². The molecule has 1 atom stereocenters. The molecule has 1 aliphatic heterocycles. The summed E-state index contributed by atoms with van der Waals surface area (Å²) in [4.78, 5) is 13.9. The molecule has 0 aromatic carbocycles. The highest BCUT2D eigenvalue weighted by atomic mass is 32.2. The van der Waals surface area contributed by atoms with Crippen molar-refractivity contribution >= 4 is 17.7 Å². The Kier molecular flexibility index (Phi) is 6.88. The molecule has 0 aromatic rings. The van der Waals surface area contributed by atoms with Crippen molar-refractivity contribution in [3.63, 3.8) is 0 Å². The first-order chi connectivity index (χ1) is 7.74. The Bertz CT molecular complexity index is 203. The number of carbonyl (C=O) groups is 1. The molecule has 1 rings (SSSR count). The van der Waals surface area contributed by atoms with E-state index >= 15 is 0 Å². The molecule has 0 bridgehead atoms. The summed E-state index contributed by atoms with van der Waals surface area (Å²) in [5.41, 5.74) is 0. The highest BCUT2D eigenvalue weighted by Gasteiger charge is 2.15. The topological polar surface area (TPSA) is 32.3 Å². The zero-order valence-electron chi connectivity index (χ0n) is 10.5. The number of amides is 1. The Morgan fingerprint density at radius 1 is 1.44 bits per heavy atom. The van der Waals surface area contributed by atoms with Gasteiger partial charge < -0.3 is 10.2 Å². The van der Waals surface area contributed by atoms with E-state index in [1.165, 1.54) is 6.42 Å². The summed E-state index contributed by atoms with van der Waals surface area (Å²) in [6.07, 6.45) is 2.29. The first-order valence-corrected chi connectivity index (χ1v) is 7.45. The Balaban J connectivity index is 2.17. The molecular weight excluding hydrogens is 220 g/mol. The number of thioether (sulfide) groups is 1. The van der Waals surface area contributed by atoms with Gasteiger partial charge in [0.15, 0.2) is 0 Å². The zero-order valence-corrected chi connectivity index (χ0v) is 11.3. The molecule has 1 unspecified atom stereocenters. The van der Waals surface area contributed by atoms with Crippen molar-refractivity contribution in [2.45, 2.75) is 26.7 Å². The van der Waals surface area contributed by atoms with Crippen molar-refractivity contribution in [2.75, 3.05) is 37.7 Å². The van der Waals surface area contributed by atoms with Crippen molar-refractivity contribution in [3.05, 3.63) is 0 Å². The van der Waals surface area contributed by atoms with Crippen LogP contribution in [0.1, 0.15) is 26.7 Å². The minimum atomic E-state index is 0.317. The molecule has 16 heavy (non-hydrogen) atoms. The maximum Gasteiger partial charge on any atom is 0.232 e. The Labute approximate surface area is 103 Å². The quantitative estimate of drug-likeness (QED) is 0.797. The fourth-order valence-corrected chi connectivity index (χ4v) is 2.76. The van der Waals surface area contributed by atoms with Crippen LogP contribution in [0.2, 0.25) is 0 Å². The van der Waals surface area contributed by atoms with Gasteiger partial charge in [-0.1, -0.05) is 20.3 Å².